The van der Waals surface area contributed by atoms with Gasteiger partial charge in [0.25, 0.3) is 11.8 Å². The van der Waals surface area contributed by atoms with Crippen LogP contribution >= 0.6 is 0 Å². The van der Waals surface area contributed by atoms with Gasteiger partial charge in [-0.25, -0.2) is 0 Å². The van der Waals surface area contributed by atoms with Crippen LogP contribution in [0.2, 0.25) is 0 Å². The average molecular weight is 502 g/mol. The summed E-state index contributed by atoms with van der Waals surface area (Å²) in [4.78, 5) is 69.4. The van der Waals surface area contributed by atoms with Crippen LogP contribution in [0.5, 0.6) is 0 Å². The lowest BCUT2D eigenvalue weighted by Crippen LogP contribution is -2.58. The van der Waals surface area contributed by atoms with Gasteiger partial charge in [0.2, 0.25) is 17.7 Å². The first-order chi connectivity index (χ1) is 17.9. The Morgan fingerprint density at radius 3 is 2.22 bits per heavy atom. The highest BCUT2D eigenvalue weighted by Gasteiger charge is 2.63. The Bertz CT molecular complexity index is 1210. The lowest BCUT2D eigenvalue weighted by molar-refractivity contribution is -0.150. The fourth-order valence-corrected chi connectivity index (χ4v) is 5.91. The van der Waals surface area contributed by atoms with E-state index in [9.17, 15) is 24.0 Å². The van der Waals surface area contributed by atoms with Crippen LogP contribution in [0.25, 0.3) is 0 Å². The van der Waals surface area contributed by atoms with Crippen molar-refractivity contribution in [1.29, 1.82) is 0 Å². The quantitative estimate of drug-likeness (QED) is 0.613. The summed E-state index contributed by atoms with van der Waals surface area (Å²) < 4.78 is 0. The van der Waals surface area contributed by atoms with E-state index in [4.69, 9.17) is 0 Å². The van der Waals surface area contributed by atoms with E-state index in [0.29, 0.717) is 0 Å². The van der Waals surface area contributed by atoms with E-state index in [0.717, 1.165) is 47.5 Å². The normalized spacial score (nSPS) is 23.1. The highest BCUT2D eigenvalue weighted by molar-refractivity contribution is 6.18. The van der Waals surface area contributed by atoms with Gasteiger partial charge < -0.3 is 5.32 Å². The SMILES string of the molecule is O=C(NC1CCCCC1)[C@H](Cc1ccccc1)N1C(=O)C[C@@]2(CCC(=O)N2C(=O)c2ccccc2)C1=O. The summed E-state index contributed by atoms with van der Waals surface area (Å²) in [6.45, 7) is 0. The summed E-state index contributed by atoms with van der Waals surface area (Å²) in [7, 11) is 0. The number of amides is 5. The maximum Gasteiger partial charge on any atom is 0.261 e. The molecule has 3 aliphatic rings. The lowest BCUT2D eigenvalue weighted by atomic mass is 9.93. The zero-order chi connectivity index (χ0) is 26.0. The predicted octanol–water partition coefficient (Wildman–Crippen LogP) is 3.01. The molecule has 2 atom stereocenters. The van der Waals surface area contributed by atoms with E-state index in [1.54, 1.807) is 30.3 Å². The minimum Gasteiger partial charge on any atom is -0.352 e. The van der Waals surface area contributed by atoms with Gasteiger partial charge in [0.1, 0.15) is 11.6 Å². The van der Waals surface area contributed by atoms with Gasteiger partial charge in [-0.1, -0.05) is 67.8 Å². The largest absolute Gasteiger partial charge is 0.352 e. The molecule has 2 heterocycles. The molecule has 5 amide bonds. The number of carbonyl (C=O) groups excluding carboxylic acids is 5. The first-order valence-electron chi connectivity index (χ1n) is 13.0. The second-order valence-electron chi connectivity index (χ2n) is 10.2. The summed E-state index contributed by atoms with van der Waals surface area (Å²) >= 11 is 0. The molecule has 0 aromatic heterocycles. The number of likely N-dealkylation sites (tertiary alicyclic amines) is 2. The molecule has 0 radical (unpaired) electrons. The molecule has 5 rings (SSSR count). The molecule has 1 N–H and O–H groups in total. The molecule has 1 spiro atoms. The molecule has 1 aliphatic carbocycles. The molecule has 2 aliphatic heterocycles. The zero-order valence-corrected chi connectivity index (χ0v) is 20.7. The number of benzene rings is 2. The smallest absolute Gasteiger partial charge is 0.261 e. The molecule has 0 unspecified atom stereocenters. The molecular formula is C29H31N3O5. The summed E-state index contributed by atoms with van der Waals surface area (Å²) in [5, 5.41) is 3.07. The first kappa shape index (κ1) is 24.9. The van der Waals surface area contributed by atoms with Crippen LogP contribution in [0, 0.1) is 0 Å². The number of nitrogens with zero attached hydrogens (tertiary/aromatic N) is 2. The van der Waals surface area contributed by atoms with Crippen LogP contribution in [0.1, 0.15) is 67.3 Å². The van der Waals surface area contributed by atoms with Crippen molar-refractivity contribution in [2.24, 2.45) is 0 Å². The number of hydrogen-bond donors (Lipinski definition) is 1. The molecule has 2 aromatic carbocycles. The molecule has 3 fully saturated rings. The standard InChI is InChI=1S/C29H31N3O5/c33-24-16-17-29(32(24)27(36)21-12-6-2-7-13-21)19-25(34)31(28(29)37)23(18-20-10-4-1-5-11-20)26(35)30-22-14-8-3-9-15-22/h1-2,4-7,10-13,22-23H,3,8-9,14-19H2,(H,30,35)/t23-,29-/m0/s1. The minimum atomic E-state index is -1.60. The van der Waals surface area contributed by atoms with Gasteiger partial charge >= 0.3 is 0 Å². The Kier molecular flexibility index (Phi) is 6.91. The predicted molar refractivity (Wildman–Crippen MR) is 135 cm³/mol. The highest BCUT2D eigenvalue weighted by atomic mass is 16.2. The fraction of sp³-hybridized carbons (Fsp3) is 0.414. The molecule has 37 heavy (non-hydrogen) atoms. The Morgan fingerprint density at radius 1 is 0.892 bits per heavy atom. The Labute approximate surface area is 216 Å². The third kappa shape index (κ3) is 4.68. The molecule has 2 saturated heterocycles. The van der Waals surface area contributed by atoms with Crippen molar-refractivity contribution >= 4 is 29.5 Å². The minimum absolute atomic E-state index is 0.00510. The third-order valence-electron chi connectivity index (χ3n) is 7.82. The van der Waals surface area contributed by atoms with Gasteiger partial charge in [-0.3, -0.25) is 33.8 Å². The van der Waals surface area contributed by atoms with Crippen LogP contribution in [0.15, 0.2) is 60.7 Å². The maximum absolute atomic E-state index is 14.0. The van der Waals surface area contributed by atoms with Gasteiger partial charge in [-0.15, -0.1) is 0 Å². The van der Waals surface area contributed by atoms with Crippen LogP contribution in [-0.2, 0) is 25.6 Å². The van der Waals surface area contributed by atoms with Crippen molar-refractivity contribution in [3.05, 3.63) is 71.8 Å². The number of hydrogen-bond acceptors (Lipinski definition) is 5. The average Bonchev–Trinajstić information content (AvgIpc) is 3.38. The van der Waals surface area contributed by atoms with Crippen LogP contribution in [0.3, 0.4) is 0 Å². The van der Waals surface area contributed by atoms with Gasteiger partial charge in [0.05, 0.1) is 6.42 Å². The van der Waals surface area contributed by atoms with Crippen molar-refractivity contribution in [1.82, 2.24) is 15.1 Å². The summed E-state index contributed by atoms with van der Waals surface area (Å²) in [6, 6.07) is 16.5. The van der Waals surface area contributed by atoms with E-state index >= 15 is 0 Å². The highest BCUT2D eigenvalue weighted by Crippen LogP contribution is 2.42. The molecule has 192 valence electrons. The summed E-state index contributed by atoms with van der Waals surface area (Å²) in [5.41, 5.74) is -0.513. The molecule has 8 nitrogen and oxygen atoms in total. The zero-order valence-electron chi connectivity index (χ0n) is 20.7. The number of rotatable bonds is 6. The third-order valence-corrected chi connectivity index (χ3v) is 7.82. The second-order valence-corrected chi connectivity index (χ2v) is 10.2. The topological polar surface area (TPSA) is 104 Å². The van der Waals surface area contributed by atoms with Gasteiger partial charge in [-0.05, 0) is 37.0 Å². The molecule has 0 bridgehead atoms. The lowest BCUT2D eigenvalue weighted by Gasteiger charge is -2.33. The molecular weight excluding hydrogens is 470 g/mol. The van der Waals surface area contributed by atoms with E-state index in [1.165, 1.54) is 0 Å². The fourth-order valence-electron chi connectivity index (χ4n) is 5.91. The van der Waals surface area contributed by atoms with Crippen molar-refractivity contribution in [3.63, 3.8) is 0 Å². The first-order valence-corrected chi connectivity index (χ1v) is 13.0. The van der Waals surface area contributed by atoms with Gasteiger partial charge in [0, 0.05) is 24.4 Å². The van der Waals surface area contributed by atoms with E-state index in [1.807, 2.05) is 30.3 Å². The number of imide groups is 2. The molecule has 8 heteroatoms. The summed E-state index contributed by atoms with van der Waals surface area (Å²) in [6.07, 6.45) is 4.82. The van der Waals surface area contributed by atoms with E-state index in [-0.39, 0.29) is 43.2 Å². The van der Waals surface area contributed by atoms with Crippen LogP contribution < -0.4 is 5.32 Å². The van der Waals surface area contributed by atoms with E-state index < -0.39 is 35.2 Å². The Morgan fingerprint density at radius 2 is 1.54 bits per heavy atom. The van der Waals surface area contributed by atoms with Crippen molar-refractivity contribution in [2.45, 2.75) is 75.4 Å². The number of nitrogens with one attached hydrogen (secondary N) is 1. The number of carbonyl (C=O) groups is 5. The van der Waals surface area contributed by atoms with Crippen LogP contribution in [0.4, 0.5) is 0 Å². The van der Waals surface area contributed by atoms with E-state index in [2.05, 4.69) is 5.32 Å². The molecule has 1 saturated carbocycles. The van der Waals surface area contributed by atoms with Gasteiger partial charge in [-0.2, -0.15) is 0 Å². The summed E-state index contributed by atoms with van der Waals surface area (Å²) in [5.74, 6) is -2.64. The van der Waals surface area contributed by atoms with Crippen LogP contribution in [-0.4, -0.2) is 57.0 Å². The second kappa shape index (κ2) is 10.3. The van der Waals surface area contributed by atoms with Crippen molar-refractivity contribution in [2.75, 3.05) is 0 Å². The van der Waals surface area contributed by atoms with Crippen molar-refractivity contribution in [3.8, 4) is 0 Å². The monoisotopic (exact) mass is 501 g/mol. The molecule has 2 aromatic rings. The van der Waals surface area contributed by atoms with Crippen molar-refractivity contribution < 1.29 is 24.0 Å². The Hall–Kier alpha value is -3.81. The Balaban J connectivity index is 1.47. The van der Waals surface area contributed by atoms with Gasteiger partial charge in [0.15, 0.2) is 0 Å². The maximum atomic E-state index is 14.0.